The van der Waals surface area contributed by atoms with Crippen molar-refractivity contribution < 1.29 is 9.53 Å². The fourth-order valence-electron chi connectivity index (χ4n) is 2.79. The summed E-state index contributed by atoms with van der Waals surface area (Å²) in [5.41, 5.74) is 2.06. The standard InChI is InChI=1S/C16H24N2O2/c1-16(2)13(9-14(16)20-4)18-10-11-5-7-12(8-6-11)15(19)17-3/h5-8,13-14,18H,9-10H2,1-4H3,(H,17,19). The van der Waals surface area contributed by atoms with Gasteiger partial charge in [-0.05, 0) is 24.1 Å². The first-order chi connectivity index (χ1) is 9.48. The molecule has 0 heterocycles. The molecule has 0 spiro atoms. The predicted molar refractivity (Wildman–Crippen MR) is 79.7 cm³/mol. The number of rotatable bonds is 5. The summed E-state index contributed by atoms with van der Waals surface area (Å²) in [6, 6.07) is 8.19. The highest BCUT2D eigenvalue weighted by molar-refractivity contribution is 5.93. The van der Waals surface area contributed by atoms with Gasteiger partial charge in [-0.25, -0.2) is 0 Å². The lowest BCUT2D eigenvalue weighted by atomic mass is 9.64. The zero-order valence-corrected chi connectivity index (χ0v) is 12.7. The highest BCUT2D eigenvalue weighted by Crippen LogP contribution is 2.42. The third-order valence-electron chi connectivity index (χ3n) is 4.46. The van der Waals surface area contributed by atoms with Gasteiger partial charge in [-0.1, -0.05) is 26.0 Å². The number of methoxy groups -OCH3 is 1. The van der Waals surface area contributed by atoms with Gasteiger partial charge in [-0.2, -0.15) is 0 Å². The predicted octanol–water partition coefficient (Wildman–Crippen LogP) is 1.95. The molecule has 1 aromatic carbocycles. The Morgan fingerprint density at radius 1 is 1.35 bits per heavy atom. The number of carbonyl (C=O) groups excluding carboxylic acids is 1. The molecular weight excluding hydrogens is 252 g/mol. The number of hydrogen-bond acceptors (Lipinski definition) is 3. The number of ether oxygens (including phenoxy) is 1. The lowest BCUT2D eigenvalue weighted by Crippen LogP contribution is -2.60. The highest BCUT2D eigenvalue weighted by atomic mass is 16.5. The van der Waals surface area contributed by atoms with Crippen molar-refractivity contribution in [3.05, 3.63) is 35.4 Å². The summed E-state index contributed by atoms with van der Waals surface area (Å²) < 4.78 is 5.45. The summed E-state index contributed by atoms with van der Waals surface area (Å²) in [5, 5.41) is 6.19. The van der Waals surface area contributed by atoms with E-state index in [1.807, 2.05) is 24.3 Å². The molecule has 1 amide bonds. The Morgan fingerprint density at radius 3 is 2.50 bits per heavy atom. The Labute approximate surface area is 120 Å². The fraction of sp³-hybridized carbons (Fsp3) is 0.562. The van der Waals surface area contributed by atoms with Crippen LogP contribution in [-0.2, 0) is 11.3 Å². The van der Waals surface area contributed by atoms with Crippen molar-refractivity contribution >= 4 is 5.91 Å². The maximum Gasteiger partial charge on any atom is 0.251 e. The molecule has 0 radical (unpaired) electrons. The second-order valence-electron chi connectivity index (χ2n) is 5.99. The minimum atomic E-state index is -0.0485. The van der Waals surface area contributed by atoms with Crippen molar-refractivity contribution in [1.29, 1.82) is 0 Å². The van der Waals surface area contributed by atoms with Crippen LogP contribution in [0.4, 0.5) is 0 Å². The molecule has 1 aliphatic rings. The van der Waals surface area contributed by atoms with Crippen LogP contribution < -0.4 is 10.6 Å². The van der Waals surface area contributed by atoms with Crippen LogP contribution in [0.3, 0.4) is 0 Å². The molecule has 1 saturated carbocycles. The van der Waals surface area contributed by atoms with Crippen LogP contribution in [0.2, 0.25) is 0 Å². The van der Waals surface area contributed by atoms with Crippen molar-refractivity contribution in [3.8, 4) is 0 Å². The van der Waals surface area contributed by atoms with Gasteiger partial charge in [0.05, 0.1) is 6.10 Å². The lowest BCUT2D eigenvalue weighted by molar-refractivity contribution is -0.0979. The summed E-state index contributed by atoms with van der Waals surface area (Å²) in [6.45, 7) is 5.28. The molecule has 1 fully saturated rings. The van der Waals surface area contributed by atoms with E-state index in [1.165, 1.54) is 5.56 Å². The van der Waals surface area contributed by atoms with Crippen LogP contribution in [0.15, 0.2) is 24.3 Å². The van der Waals surface area contributed by atoms with E-state index >= 15 is 0 Å². The van der Waals surface area contributed by atoms with Crippen LogP contribution in [0.5, 0.6) is 0 Å². The molecular formula is C16H24N2O2. The van der Waals surface area contributed by atoms with Crippen LogP contribution in [0.1, 0.15) is 36.2 Å². The summed E-state index contributed by atoms with van der Waals surface area (Å²) >= 11 is 0. The minimum absolute atomic E-state index is 0.0485. The van der Waals surface area contributed by atoms with E-state index in [0.29, 0.717) is 17.7 Å². The summed E-state index contributed by atoms with van der Waals surface area (Å²) in [5.74, 6) is -0.0485. The van der Waals surface area contributed by atoms with Crippen LogP contribution in [0.25, 0.3) is 0 Å². The normalized spacial score (nSPS) is 24.0. The van der Waals surface area contributed by atoms with E-state index in [1.54, 1.807) is 14.2 Å². The zero-order chi connectivity index (χ0) is 14.8. The molecule has 2 atom stereocenters. The van der Waals surface area contributed by atoms with E-state index < -0.39 is 0 Å². The Balaban J connectivity index is 1.88. The SMILES string of the molecule is CNC(=O)c1ccc(CNC2CC(OC)C2(C)C)cc1. The zero-order valence-electron chi connectivity index (χ0n) is 12.7. The Morgan fingerprint density at radius 2 is 2.00 bits per heavy atom. The van der Waals surface area contributed by atoms with Gasteiger partial charge in [-0.15, -0.1) is 0 Å². The summed E-state index contributed by atoms with van der Waals surface area (Å²) in [4.78, 5) is 11.5. The quantitative estimate of drug-likeness (QED) is 0.864. The van der Waals surface area contributed by atoms with Crippen molar-refractivity contribution in [2.24, 2.45) is 5.41 Å². The maximum atomic E-state index is 11.5. The first-order valence-corrected chi connectivity index (χ1v) is 7.06. The molecule has 0 bridgehead atoms. The number of hydrogen-bond donors (Lipinski definition) is 2. The van der Waals surface area contributed by atoms with E-state index in [2.05, 4.69) is 24.5 Å². The molecule has 2 unspecified atom stereocenters. The van der Waals surface area contributed by atoms with E-state index in [0.717, 1.165) is 13.0 Å². The van der Waals surface area contributed by atoms with Crippen molar-refractivity contribution in [2.75, 3.05) is 14.2 Å². The third kappa shape index (κ3) is 2.86. The second-order valence-corrected chi connectivity index (χ2v) is 5.99. The molecule has 1 aromatic rings. The van der Waals surface area contributed by atoms with E-state index in [4.69, 9.17) is 4.74 Å². The molecule has 4 heteroatoms. The van der Waals surface area contributed by atoms with Gasteiger partial charge < -0.3 is 15.4 Å². The second kappa shape index (κ2) is 5.94. The van der Waals surface area contributed by atoms with E-state index in [9.17, 15) is 4.79 Å². The topological polar surface area (TPSA) is 50.4 Å². The summed E-state index contributed by atoms with van der Waals surface area (Å²) in [7, 11) is 3.42. The van der Waals surface area contributed by atoms with Crippen molar-refractivity contribution in [3.63, 3.8) is 0 Å². The molecule has 0 saturated heterocycles. The Kier molecular flexibility index (Phi) is 4.45. The molecule has 110 valence electrons. The fourth-order valence-corrected chi connectivity index (χ4v) is 2.79. The van der Waals surface area contributed by atoms with Crippen LogP contribution >= 0.6 is 0 Å². The average molecular weight is 276 g/mol. The molecule has 0 aliphatic heterocycles. The lowest BCUT2D eigenvalue weighted by Gasteiger charge is -2.51. The van der Waals surface area contributed by atoms with Gasteiger partial charge in [0.2, 0.25) is 0 Å². The molecule has 2 rings (SSSR count). The maximum absolute atomic E-state index is 11.5. The van der Waals surface area contributed by atoms with Gasteiger partial charge in [0.25, 0.3) is 5.91 Å². The van der Waals surface area contributed by atoms with Gasteiger partial charge in [0.1, 0.15) is 0 Å². The van der Waals surface area contributed by atoms with Crippen molar-refractivity contribution in [1.82, 2.24) is 10.6 Å². The number of benzene rings is 1. The van der Waals surface area contributed by atoms with Gasteiger partial charge in [-0.3, -0.25) is 4.79 Å². The summed E-state index contributed by atoms with van der Waals surface area (Å²) in [6.07, 6.45) is 1.40. The molecule has 0 aromatic heterocycles. The highest BCUT2D eigenvalue weighted by Gasteiger charge is 2.48. The Hall–Kier alpha value is -1.39. The van der Waals surface area contributed by atoms with Crippen LogP contribution in [0, 0.1) is 5.41 Å². The largest absolute Gasteiger partial charge is 0.381 e. The number of nitrogens with one attached hydrogen (secondary N) is 2. The van der Waals surface area contributed by atoms with Crippen LogP contribution in [-0.4, -0.2) is 32.2 Å². The first kappa shape index (κ1) is 15.0. The van der Waals surface area contributed by atoms with E-state index in [-0.39, 0.29) is 11.3 Å². The molecule has 1 aliphatic carbocycles. The van der Waals surface area contributed by atoms with Gasteiger partial charge in [0.15, 0.2) is 0 Å². The smallest absolute Gasteiger partial charge is 0.251 e. The first-order valence-electron chi connectivity index (χ1n) is 7.06. The molecule has 20 heavy (non-hydrogen) atoms. The molecule has 2 N–H and O–H groups in total. The Bertz CT molecular complexity index is 468. The third-order valence-corrected chi connectivity index (χ3v) is 4.46. The molecule has 4 nitrogen and oxygen atoms in total. The van der Waals surface area contributed by atoms with Gasteiger partial charge >= 0.3 is 0 Å². The van der Waals surface area contributed by atoms with Crippen molar-refractivity contribution in [2.45, 2.75) is 39.0 Å². The number of amides is 1. The average Bonchev–Trinajstić information content (AvgIpc) is 2.46. The van der Waals surface area contributed by atoms with Gasteiger partial charge in [0, 0.05) is 37.7 Å². The number of carbonyl (C=O) groups is 1. The monoisotopic (exact) mass is 276 g/mol. The minimum Gasteiger partial charge on any atom is -0.381 e.